The summed E-state index contributed by atoms with van der Waals surface area (Å²) in [7, 11) is 3.53. The molecule has 0 spiro atoms. The quantitative estimate of drug-likeness (QED) is 0.812. The molecule has 1 amide bonds. The molecule has 0 aliphatic carbocycles. The lowest BCUT2D eigenvalue weighted by atomic mass is 9.84. The van der Waals surface area contributed by atoms with E-state index in [1.807, 2.05) is 52.3 Å². The van der Waals surface area contributed by atoms with Gasteiger partial charge in [0, 0.05) is 31.9 Å². The lowest BCUT2D eigenvalue weighted by molar-refractivity contribution is 0.0205. The number of hydrogen-bond acceptors (Lipinski definition) is 5. The van der Waals surface area contributed by atoms with E-state index in [0.29, 0.717) is 30.4 Å². The molecular weight excluding hydrogens is 356 g/mol. The highest BCUT2D eigenvalue weighted by Crippen LogP contribution is 2.40. The number of methoxy groups -OCH3 is 1. The van der Waals surface area contributed by atoms with E-state index in [9.17, 15) is 4.79 Å². The molecule has 7 nitrogen and oxygen atoms in total. The van der Waals surface area contributed by atoms with Crippen molar-refractivity contribution in [2.45, 2.75) is 45.1 Å². The number of benzene rings is 1. The van der Waals surface area contributed by atoms with Gasteiger partial charge < -0.3 is 20.1 Å². The monoisotopic (exact) mass is 386 g/mol. The van der Waals surface area contributed by atoms with Crippen LogP contribution in [-0.2, 0) is 11.8 Å². The molecule has 1 fully saturated rings. The number of hydrogen-bond donors (Lipinski definition) is 1. The predicted molar refractivity (Wildman–Crippen MR) is 109 cm³/mol. The number of ether oxygens (including phenoxy) is 2. The van der Waals surface area contributed by atoms with Crippen LogP contribution < -0.4 is 10.5 Å². The van der Waals surface area contributed by atoms with Gasteiger partial charge in [-0.05, 0) is 62.8 Å². The van der Waals surface area contributed by atoms with Crippen LogP contribution in [0.1, 0.15) is 45.1 Å². The van der Waals surface area contributed by atoms with Gasteiger partial charge in [-0.15, -0.1) is 0 Å². The SMILES string of the molecule is COc1cc(C2CCN(C(=O)OC(C)(C)C)CC2)c(-c2cnn(C)c2)cc1N. The number of nitrogens with zero attached hydrogens (tertiary/aromatic N) is 3. The van der Waals surface area contributed by atoms with E-state index in [-0.39, 0.29) is 6.09 Å². The number of rotatable bonds is 3. The number of aromatic nitrogens is 2. The molecule has 0 radical (unpaired) electrons. The molecule has 1 saturated heterocycles. The molecule has 0 unspecified atom stereocenters. The van der Waals surface area contributed by atoms with Crippen molar-refractivity contribution in [3.8, 4) is 16.9 Å². The number of aryl methyl sites for hydroxylation is 1. The van der Waals surface area contributed by atoms with Crippen LogP contribution in [-0.4, -0.2) is 46.6 Å². The van der Waals surface area contributed by atoms with Crippen molar-refractivity contribution in [1.29, 1.82) is 0 Å². The zero-order chi connectivity index (χ0) is 20.5. The van der Waals surface area contributed by atoms with Gasteiger partial charge in [0.2, 0.25) is 0 Å². The van der Waals surface area contributed by atoms with Crippen molar-refractivity contribution >= 4 is 11.8 Å². The Kier molecular flexibility index (Phi) is 5.54. The highest BCUT2D eigenvalue weighted by atomic mass is 16.6. The molecule has 0 atom stereocenters. The zero-order valence-corrected chi connectivity index (χ0v) is 17.4. The maximum absolute atomic E-state index is 12.3. The van der Waals surface area contributed by atoms with Crippen LogP contribution in [0.5, 0.6) is 5.75 Å². The number of anilines is 1. The first kappa shape index (κ1) is 20.0. The van der Waals surface area contributed by atoms with Crippen molar-refractivity contribution in [2.24, 2.45) is 7.05 Å². The average molecular weight is 386 g/mol. The van der Waals surface area contributed by atoms with Gasteiger partial charge in [0.05, 0.1) is 19.0 Å². The van der Waals surface area contributed by atoms with E-state index < -0.39 is 5.60 Å². The molecule has 1 aliphatic heterocycles. The largest absolute Gasteiger partial charge is 0.495 e. The Bertz CT molecular complexity index is 846. The number of piperidine rings is 1. The normalized spacial score (nSPS) is 15.5. The van der Waals surface area contributed by atoms with E-state index in [1.54, 1.807) is 16.7 Å². The van der Waals surface area contributed by atoms with Crippen molar-refractivity contribution in [1.82, 2.24) is 14.7 Å². The van der Waals surface area contributed by atoms with E-state index in [1.165, 1.54) is 5.56 Å². The minimum Gasteiger partial charge on any atom is -0.495 e. The van der Waals surface area contributed by atoms with Crippen LogP contribution in [0.25, 0.3) is 11.1 Å². The van der Waals surface area contributed by atoms with Crippen LogP contribution >= 0.6 is 0 Å². The van der Waals surface area contributed by atoms with Gasteiger partial charge in [0.25, 0.3) is 0 Å². The third-order valence-corrected chi connectivity index (χ3v) is 5.00. The minimum absolute atomic E-state index is 0.242. The topological polar surface area (TPSA) is 82.6 Å². The van der Waals surface area contributed by atoms with E-state index in [0.717, 1.165) is 24.0 Å². The van der Waals surface area contributed by atoms with Gasteiger partial charge in [0.1, 0.15) is 11.4 Å². The second-order valence-electron chi connectivity index (χ2n) is 8.33. The average Bonchev–Trinajstić information content (AvgIpc) is 3.06. The van der Waals surface area contributed by atoms with Crippen LogP contribution in [0, 0.1) is 0 Å². The molecule has 0 bridgehead atoms. The number of carbonyl (C=O) groups excluding carboxylic acids is 1. The minimum atomic E-state index is -0.480. The summed E-state index contributed by atoms with van der Waals surface area (Å²) in [5.74, 6) is 0.987. The van der Waals surface area contributed by atoms with E-state index >= 15 is 0 Å². The maximum Gasteiger partial charge on any atom is 0.410 e. The fraction of sp³-hybridized carbons (Fsp3) is 0.524. The molecule has 7 heteroatoms. The molecule has 2 N–H and O–H groups in total. The summed E-state index contributed by atoms with van der Waals surface area (Å²) in [6.45, 7) is 6.99. The van der Waals surface area contributed by atoms with Crippen molar-refractivity contribution < 1.29 is 14.3 Å². The molecule has 2 aromatic rings. The summed E-state index contributed by atoms with van der Waals surface area (Å²) in [6.07, 6.45) is 5.31. The molecule has 28 heavy (non-hydrogen) atoms. The highest BCUT2D eigenvalue weighted by molar-refractivity contribution is 5.74. The van der Waals surface area contributed by atoms with Gasteiger partial charge in [0.15, 0.2) is 0 Å². The first-order chi connectivity index (χ1) is 13.2. The number of nitrogen functional groups attached to an aromatic ring is 1. The molecule has 152 valence electrons. The van der Waals surface area contributed by atoms with Crippen LogP contribution in [0.4, 0.5) is 10.5 Å². The fourth-order valence-electron chi connectivity index (χ4n) is 3.64. The molecular formula is C21H30N4O3. The Hall–Kier alpha value is -2.70. The molecule has 3 rings (SSSR count). The van der Waals surface area contributed by atoms with Crippen molar-refractivity contribution in [3.05, 3.63) is 30.1 Å². The summed E-state index contributed by atoms with van der Waals surface area (Å²) in [4.78, 5) is 14.1. The second kappa shape index (κ2) is 7.73. The predicted octanol–water partition coefficient (Wildman–Crippen LogP) is 3.79. The third kappa shape index (κ3) is 4.40. The van der Waals surface area contributed by atoms with Gasteiger partial charge in [-0.2, -0.15) is 5.10 Å². The summed E-state index contributed by atoms with van der Waals surface area (Å²) in [5, 5.41) is 4.30. The molecule has 1 aromatic carbocycles. The first-order valence-corrected chi connectivity index (χ1v) is 9.62. The Balaban J connectivity index is 1.83. The molecule has 2 heterocycles. The lowest BCUT2D eigenvalue weighted by Crippen LogP contribution is -2.41. The van der Waals surface area contributed by atoms with Crippen molar-refractivity contribution in [3.63, 3.8) is 0 Å². The number of amides is 1. The van der Waals surface area contributed by atoms with E-state index in [2.05, 4.69) is 5.10 Å². The summed E-state index contributed by atoms with van der Waals surface area (Å²) >= 11 is 0. The van der Waals surface area contributed by atoms with Gasteiger partial charge >= 0.3 is 6.09 Å². The Morgan fingerprint density at radius 1 is 1.25 bits per heavy atom. The van der Waals surface area contributed by atoms with Crippen molar-refractivity contribution in [2.75, 3.05) is 25.9 Å². The summed E-state index contributed by atoms with van der Waals surface area (Å²) in [6, 6.07) is 4.00. The lowest BCUT2D eigenvalue weighted by Gasteiger charge is -2.34. The van der Waals surface area contributed by atoms with Gasteiger partial charge in [-0.3, -0.25) is 4.68 Å². The summed E-state index contributed by atoms with van der Waals surface area (Å²) < 4.78 is 12.7. The molecule has 1 aromatic heterocycles. The number of carbonyl (C=O) groups is 1. The first-order valence-electron chi connectivity index (χ1n) is 9.62. The molecule has 0 saturated carbocycles. The zero-order valence-electron chi connectivity index (χ0n) is 17.4. The smallest absolute Gasteiger partial charge is 0.410 e. The Morgan fingerprint density at radius 2 is 1.93 bits per heavy atom. The maximum atomic E-state index is 12.3. The standard InChI is InChI=1S/C21H30N4O3/c1-21(2,3)28-20(26)25-8-6-14(7-9-25)17-11-19(27-5)18(22)10-16(17)15-12-23-24(4)13-15/h10-14H,6-9,22H2,1-5H3. The third-order valence-electron chi connectivity index (χ3n) is 5.00. The van der Waals surface area contributed by atoms with Crippen LogP contribution in [0.3, 0.4) is 0 Å². The summed E-state index contributed by atoms with van der Waals surface area (Å²) in [5.41, 5.74) is 9.58. The number of nitrogens with two attached hydrogens (primary N) is 1. The Labute approximate surface area is 166 Å². The van der Waals surface area contributed by atoms with Crippen LogP contribution in [0.15, 0.2) is 24.5 Å². The number of likely N-dealkylation sites (tertiary alicyclic amines) is 1. The molecule has 1 aliphatic rings. The Morgan fingerprint density at radius 3 is 2.46 bits per heavy atom. The fourth-order valence-corrected chi connectivity index (χ4v) is 3.64. The van der Waals surface area contributed by atoms with Gasteiger partial charge in [-0.25, -0.2) is 4.79 Å². The second-order valence-corrected chi connectivity index (χ2v) is 8.33. The highest BCUT2D eigenvalue weighted by Gasteiger charge is 2.29. The van der Waals surface area contributed by atoms with Gasteiger partial charge in [-0.1, -0.05) is 0 Å². The van der Waals surface area contributed by atoms with Crippen LogP contribution in [0.2, 0.25) is 0 Å². The van der Waals surface area contributed by atoms with E-state index in [4.69, 9.17) is 15.2 Å².